The summed E-state index contributed by atoms with van der Waals surface area (Å²) in [6, 6.07) is 16.0. The first-order chi connectivity index (χ1) is 15.2. The molecule has 0 aliphatic rings. The highest BCUT2D eigenvalue weighted by molar-refractivity contribution is 5.76. The predicted octanol–water partition coefficient (Wildman–Crippen LogP) is 4.34. The largest absolute Gasteiger partial charge is 0.481 e. The second-order valence-corrected chi connectivity index (χ2v) is 8.05. The second kappa shape index (κ2) is 10.3. The van der Waals surface area contributed by atoms with Gasteiger partial charge in [0.05, 0.1) is 24.3 Å². The molecule has 6 heteroatoms. The molecule has 0 radical (unpaired) electrons. The van der Waals surface area contributed by atoms with Crippen LogP contribution in [0.1, 0.15) is 35.2 Å². The summed E-state index contributed by atoms with van der Waals surface area (Å²) in [6.45, 7) is 5.96. The maximum absolute atomic E-state index is 10.7. The molecule has 6 nitrogen and oxygen atoms in total. The summed E-state index contributed by atoms with van der Waals surface area (Å²) >= 11 is 0. The van der Waals surface area contributed by atoms with Gasteiger partial charge in [0, 0.05) is 28.8 Å². The van der Waals surface area contributed by atoms with E-state index in [-0.39, 0.29) is 6.42 Å². The number of carboxylic acids is 1. The van der Waals surface area contributed by atoms with Crippen molar-refractivity contribution in [3.8, 4) is 22.6 Å². The molecular weight excluding hydrogens is 404 g/mol. The van der Waals surface area contributed by atoms with Crippen molar-refractivity contribution in [1.29, 1.82) is 0 Å². The summed E-state index contributed by atoms with van der Waals surface area (Å²) in [6.07, 6.45) is 0.699. The number of carbonyl (C=O) groups is 1. The minimum Gasteiger partial charge on any atom is -0.481 e. The maximum atomic E-state index is 10.7. The number of hydrogen-bond acceptors (Lipinski definition) is 5. The Morgan fingerprint density at radius 3 is 2.25 bits per heavy atom. The lowest BCUT2D eigenvalue weighted by Gasteiger charge is -2.14. The van der Waals surface area contributed by atoms with Gasteiger partial charge in [0.15, 0.2) is 5.82 Å². The van der Waals surface area contributed by atoms with Gasteiger partial charge in [-0.25, -0.2) is 9.97 Å². The molecule has 1 aromatic heterocycles. The van der Waals surface area contributed by atoms with Crippen LogP contribution in [0, 0.1) is 20.8 Å². The van der Waals surface area contributed by atoms with Crippen LogP contribution in [0.25, 0.3) is 28.7 Å². The third kappa shape index (κ3) is 6.09. The van der Waals surface area contributed by atoms with Gasteiger partial charge in [0.1, 0.15) is 0 Å². The Bertz CT molecular complexity index is 1110. The first-order valence-corrected chi connectivity index (χ1v) is 10.5. The Labute approximate surface area is 187 Å². The van der Waals surface area contributed by atoms with Crippen LogP contribution in [0.3, 0.4) is 0 Å². The van der Waals surface area contributed by atoms with Gasteiger partial charge >= 0.3 is 5.97 Å². The highest BCUT2D eigenvalue weighted by Gasteiger charge is 2.16. The van der Waals surface area contributed by atoms with Crippen LogP contribution < -0.4 is 0 Å². The van der Waals surface area contributed by atoms with Crippen LogP contribution in [-0.2, 0) is 4.79 Å². The summed E-state index contributed by atoms with van der Waals surface area (Å²) in [4.78, 5) is 20.3. The van der Waals surface area contributed by atoms with Gasteiger partial charge < -0.3 is 15.3 Å². The molecular formula is C26H28N2O4. The summed E-state index contributed by atoms with van der Waals surface area (Å²) in [5.74, 6) is -0.488. The van der Waals surface area contributed by atoms with E-state index in [1.807, 2.05) is 51.1 Å². The number of aryl methyl sites for hydroxylation is 3. The predicted molar refractivity (Wildman–Crippen MR) is 125 cm³/mol. The SMILES string of the molecule is Cc1cc(C)cc(-c2nc(-c3ccccc3)nc(C)c2/C=C/[C@H](O)C[C@H](O)CC(=O)O)c1. The van der Waals surface area contributed by atoms with Crippen molar-refractivity contribution >= 4 is 12.0 Å². The Morgan fingerprint density at radius 2 is 1.62 bits per heavy atom. The summed E-state index contributed by atoms with van der Waals surface area (Å²) in [7, 11) is 0. The normalized spacial score (nSPS) is 13.3. The van der Waals surface area contributed by atoms with Gasteiger partial charge in [-0.15, -0.1) is 0 Å². The van der Waals surface area contributed by atoms with Crippen molar-refractivity contribution in [2.45, 2.75) is 45.8 Å². The van der Waals surface area contributed by atoms with Crippen LogP contribution >= 0.6 is 0 Å². The molecule has 0 aliphatic heterocycles. The van der Waals surface area contributed by atoms with E-state index >= 15 is 0 Å². The molecule has 0 fully saturated rings. The minimum atomic E-state index is -1.12. The van der Waals surface area contributed by atoms with Crippen LogP contribution in [0.15, 0.2) is 54.6 Å². The van der Waals surface area contributed by atoms with E-state index in [1.54, 1.807) is 12.2 Å². The molecule has 3 rings (SSSR count). The van der Waals surface area contributed by atoms with Gasteiger partial charge in [0.25, 0.3) is 0 Å². The number of aliphatic carboxylic acids is 1. The molecule has 3 aromatic rings. The second-order valence-electron chi connectivity index (χ2n) is 8.05. The molecule has 2 aromatic carbocycles. The van der Waals surface area contributed by atoms with Gasteiger partial charge in [-0.2, -0.15) is 0 Å². The molecule has 0 aliphatic carbocycles. The van der Waals surface area contributed by atoms with E-state index in [1.165, 1.54) is 0 Å². The van der Waals surface area contributed by atoms with Crippen molar-refractivity contribution < 1.29 is 20.1 Å². The fourth-order valence-corrected chi connectivity index (χ4v) is 3.68. The Balaban J connectivity index is 2.03. The monoisotopic (exact) mass is 432 g/mol. The standard InChI is InChI=1S/C26H28N2O4/c1-16-11-17(2)13-20(12-16)25-23(10-9-21(29)14-22(30)15-24(31)32)18(3)27-26(28-25)19-7-5-4-6-8-19/h4-13,21-22,29-30H,14-15H2,1-3H3,(H,31,32)/b10-9+/t21-,22-/m0/s1. The quantitative estimate of drug-likeness (QED) is 0.489. The Hall–Kier alpha value is -3.35. The van der Waals surface area contributed by atoms with Gasteiger partial charge in [-0.05, 0) is 32.9 Å². The molecule has 3 N–H and O–H groups in total. The number of aliphatic hydroxyl groups is 2. The third-order valence-corrected chi connectivity index (χ3v) is 5.07. The van der Waals surface area contributed by atoms with E-state index in [0.717, 1.165) is 39.2 Å². The molecule has 166 valence electrons. The Kier molecular flexibility index (Phi) is 7.51. The van der Waals surface area contributed by atoms with E-state index < -0.39 is 24.6 Å². The average molecular weight is 433 g/mol. The number of nitrogens with zero attached hydrogens (tertiary/aromatic N) is 2. The van der Waals surface area contributed by atoms with Gasteiger partial charge in [-0.3, -0.25) is 4.79 Å². The number of aromatic nitrogens is 2. The molecule has 0 saturated carbocycles. The Morgan fingerprint density at radius 1 is 0.969 bits per heavy atom. The van der Waals surface area contributed by atoms with Crippen LogP contribution in [-0.4, -0.2) is 43.5 Å². The summed E-state index contributed by atoms with van der Waals surface area (Å²) in [5, 5.41) is 28.9. The third-order valence-electron chi connectivity index (χ3n) is 5.07. The van der Waals surface area contributed by atoms with E-state index in [4.69, 9.17) is 10.1 Å². The molecule has 0 unspecified atom stereocenters. The van der Waals surface area contributed by atoms with E-state index in [9.17, 15) is 15.0 Å². The van der Waals surface area contributed by atoms with Crippen molar-refractivity contribution in [2.24, 2.45) is 0 Å². The smallest absolute Gasteiger partial charge is 0.305 e. The minimum absolute atomic E-state index is 0.0658. The summed E-state index contributed by atoms with van der Waals surface area (Å²) < 4.78 is 0. The number of rotatable bonds is 8. The molecule has 0 amide bonds. The number of benzene rings is 2. The highest BCUT2D eigenvalue weighted by atomic mass is 16.4. The number of carboxylic acid groups (broad SMARTS) is 1. The van der Waals surface area contributed by atoms with E-state index in [2.05, 4.69) is 23.2 Å². The van der Waals surface area contributed by atoms with Crippen LogP contribution in [0.5, 0.6) is 0 Å². The van der Waals surface area contributed by atoms with Crippen LogP contribution in [0.2, 0.25) is 0 Å². The average Bonchev–Trinajstić information content (AvgIpc) is 2.71. The zero-order valence-electron chi connectivity index (χ0n) is 18.5. The topological polar surface area (TPSA) is 104 Å². The number of hydrogen-bond donors (Lipinski definition) is 3. The first kappa shape index (κ1) is 23.3. The van der Waals surface area contributed by atoms with Crippen molar-refractivity contribution in [2.75, 3.05) is 0 Å². The molecule has 2 atom stereocenters. The van der Waals surface area contributed by atoms with Crippen molar-refractivity contribution in [1.82, 2.24) is 9.97 Å². The van der Waals surface area contributed by atoms with Crippen molar-refractivity contribution in [3.05, 3.63) is 77.0 Å². The van der Waals surface area contributed by atoms with Crippen LogP contribution in [0.4, 0.5) is 0 Å². The zero-order chi connectivity index (χ0) is 23.3. The molecule has 0 saturated heterocycles. The van der Waals surface area contributed by atoms with E-state index in [0.29, 0.717) is 5.82 Å². The highest BCUT2D eigenvalue weighted by Crippen LogP contribution is 2.29. The molecule has 32 heavy (non-hydrogen) atoms. The lowest BCUT2D eigenvalue weighted by atomic mass is 9.99. The fourth-order valence-electron chi connectivity index (χ4n) is 3.68. The fraction of sp³-hybridized carbons (Fsp3) is 0.269. The first-order valence-electron chi connectivity index (χ1n) is 10.5. The zero-order valence-corrected chi connectivity index (χ0v) is 18.5. The van der Waals surface area contributed by atoms with Gasteiger partial charge in [-0.1, -0.05) is 59.7 Å². The maximum Gasteiger partial charge on any atom is 0.305 e. The molecule has 0 bridgehead atoms. The lowest BCUT2D eigenvalue weighted by molar-refractivity contribution is -0.139. The molecule has 0 spiro atoms. The lowest BCUT2D eigenvalue weighted by Crippen LogP contribution is -2.19. The van der Waals surface area contributed by atoms with Crippen molar-refractivity contribution in [3.63, 3.8) is 0 Å². The summed E-state index contributed by atoms with van der Waals surface area (Å²) in [5.41, 5.74) is 6.36. The molecule has 1 heterocycles. The van der Waals surface area contributed by atoms with Gasteiger partial charge in [0.2, 0.25) is 0 Å². The number of aliphatic hydroxyl groups excluding tert-OH is 2.